The molecule has 2 N–H and O–H groups in total. The van der Waals surface area contributed by atoms with Gasteiger partial charge in [0.1, 0.15) is 0 Å². The molecule has 0 saturated carbocycles. The minimum atomic E-state index is -0.498. The first-order valence-electron chi connectivity index (χ1n) is 7.41. The number of carbonyl (C=O) groups excluding carboxylic acids is 1. The molecule has 21 heavy (non-hydrogen) atoms. The van der Waals surface area contributed by atoms with Crippen molar-refractivity contribution in [3.05, 3.63) is 22.4 Å². The monoisotopic (exact) mass is 328 g/mol. The Bertz CT molecular complexity index is 433. The molecule has 0 unspecified atom stereocenters. The van der Waals surface area contributed by atoms with Crippen molar-refractivity contribution in [1.82, 2.24) is 10.2 Å². The lowest BCUT2D eigenvalue weighted by Crippen LogP contribution is -2.50. The van der Waals surface area contributed by atoms with Crippen molar-refractivity contribution in [1.29, 1.82) is 0 Å². The number of thiophene rings is 1. The molecule has 2 heterocycles. The molecule has 1 aromatic heterocycles. The van der Waals surface area contributed by atoms with Crippen LogP contribution >= 0.6 is 23.1 Å². The molecule has 4 nitrogen and oxygen atoms in total. The molecule has 0 spiro atoms. The number of nitrogens with zero attached hydrogens (tertiary/aromatic N) is 1. The van der Waals surface area contributed by atoms with E-state index in [1.54, 1.807) is 11.3 Å². The second-order valence-corrected chi connectivity index (χ2v) is 7.70. The number of amides is 1. The molecule has 1 aliphatic heterocycles. The SMILES string of the molecule is C[C@H](C[C@@H](O)c1cccs1)NC(=O)[C@H](C)N1CCSCC1. The highest BCUT2D eigenvalue weighted by Crippen LogP contribution is 2.23. The summed E-state index contributed by atoms with van der Waals surface area (Å²) < 4.78 is 0. The Morgan fingerprint density at radius 3 is 2.76 bits per heavy atom. The number of rotatable bonds is 6. The van der Waals surface area contributed by atoms with Crippen LogP contribution in [0, 0.1) is 0 Å². The minimum absolute atomic E-state index is 0.0313. The highest BCUT2D eigenvalue weighted by molar-refractivity contribution is 7.99. The van der Waals surface area contributed by atoms with Gasteiger partial charge in [0, 0.05) is 35.5 Å². The van der Waals surface area contributed by atoms with Gasteiger partial charge in [-0.05, 0) is 31.7 Å². The number of thioether (sulfide) groups is 1. The summed E-state index contributed by atoms with van der Waals surface area (Å²) in [7, 11) is 0. The quantitative estimate of drug-likeness (QED) is 0.840. The highest BCUT2D eigenvalue weighted by Gasteiger charge is 2.24. The van der Waals surface area contributed by atoms with Gasteiger partial charge in [0.15, 0.2) is 0 Å². The third-order valence-electron chi connectivity index (χ3n) is 3.81. The summed E-state index contributed by atoms with van der Waals surface area (Å²) in [5.41, 5.74) is 0. The molecule has 0 aliphatic carbocycles. The zero-order chi connectivity index (χ0) is 15.2. The van der Waals surface area contributed by atoms with E-state index in [-0.39, 0.29) is 18.0 Å². The van der Waals surface area contributed by atoms with Crippen molar-refractivity contribution in [2.24, 2.45) is 0 Å². The lowest BCUT2D eigenvalue weighted by atomic mass is 10.1. The largest absolute Gasteiger partial charge is 0.387 e. The van der Waals surface area contributed by atoms with Crippen molar-refractivity contribution < 1.29 is 9.90 Å². The molecule has 3 atom stereocenters. The molecule has 0 radical (unpaired) electrons. The van der Waals surface area contributed by atoms with Crippen LogP contribution in [0.1, 0.15) is 31.2 Å². The lowest BCUT2D eigenvalue weighted by Gasteiger charge is -2.32. The average Bonchev–Trinajstić information content (AvgIpc) is 3.01. The van der Waals surface area contributed by atoms with Crippen LogP contribution in [0.3, 0.4) is 0 Å². The zero-order valence-electron chi connectivity index (χ0n) is 12.6. The number of hydrogen-bond acceptors (Lipinski definition) is 5. The summed E-state index contributed by atoms with van der Waals surface area (Å²) in [6.07, 6.45) is 0.0523. The minimum Gasteiger partial charge on any atom is -0.387 e. The third-order valence-corrected chi connectivity index (χ3v) is 5.73. The fourth-order valence-electron chi connectivity index (χ4n) is 2.48. The highest BCUT2D eigenvalue weighted by atomic mass is 32.2. The van der Waals surface area contributed by atoms with Gasteiger partial charge in [0.05, 0.1) is 12.1 Å². The van der Waals surface area contributed by atoms with Crippen LogP contribution in [0.2, 0.25) is 0 Å². The molecule has 2 rings (SSSR count). The van der Waals surface area contributed by atoms with E-state index >= 15 is 0 Å². The number of nitrogens with one attached hydrogen (secondary N) is 1. The number of aliphatic hydroxyl groups excluding tert-OH is 1. The summed E-state index contributed by atoms with van der Waals surface area (Å²) in [6, 6.07) is 3.74. The van der Waals surface area contributed by atoms with Gasteiger partial charge in [0.25, 0.3) is 0 Å². The average molecular weight is 329 g/mol. The van der Waals surface area contributed by atoms with E-state index in [1.165, 1.54) is 0 Å². The molecule has 1 amide bonds. The maximum atomic E-state index is 12.3. The zero-order valence-corrected chi connectivity index (χ0v) is 14.3. The Labute approximate surface area is 134 Å². The Morgan fingerprint density at radius 2 is 2.14 bits per heavy atom. The van der Waals surface area contributed by atoms with Crippen molar-refractivity contribution in [2.75, 3.05) is 24.6 Å². The van der Waals surface area contributed by atoms with E-state index in [0.717, 1.165) is 29.5 Å². The predicted octanol–water partition coefficient (Wildman–Crippen LogP) is 2.11. The smallest absolute Gasteiger partial charge is 0.237 e. The van der Waals surface area contributed by atoms with Crippen LogP contribution in [0.4, 0.5) is 0 Å². The summed E-state index contributed by atoms with van der Waals surface area (Å²) in [5.74, 6) is 2.27. The van der Waals surface area contributed by atoms with E-state index in [4.69, 9.17) is 0 Å². The normalized spacial score (nSPS) is 20.7. The number of aliphatic hydroxyl groups is 1. The third kappa shape index (κ3) is 4.98. The van der Waals surface area contributed by atoms with E-state index in [2.05, 4.69) is 10.2 Å². The molecule has 6 heteroatoms. The van der Waals surface area contributed by atoms with Crippen LogP contribution in [0.5, 0.6) is 0 Å². The number of hydrogen-bond donors (Lipinski definition) is 2. The van der Waals surface area contributed by atoms with E-state index in [0.29, 0.717) is 6.42 Å². The Balaban J connectivity index is 1.78. The molecule has 1 saturated heterocycles. The maximum absolute atomic E-state index is 12.3. The second-order valence-electron chi connectivity index (χ2n) is 5.50. The van der Waals surface area contributed by atoms with Gasteiger partial charge in [-0.15, -0.1) is 11.3 Å². The van der Waals surface area contributed by atoms with Crippen LogP contribution < -0.4 is 5.32 Å². The van der Waals surface area contributed by atoms with Crippen LogP contribution in [0.25, 0.3) is 0 Å². The summed E-state index contributed by atoms with van der Waals surface area (Å²) in [5, 5.41) is 15.1. The molecule has 1 aliphatic rings. The van der Waals surface area contributed by atoms with Crippen molar-refractivity contribution >= 4 is 29.0 Å². The summed E-state index contributed by atoms with van der Waals surface area (Å²) in [6.45, 7) is 5.87. The predicted molar refractivity (Wildman–Crippen MR) is 89.9 cm³/mol. The van der Waals surface area contributed by atoms with Crippen molar-refractivity contribution in [2.45, 2.75) is 38.5 Å². The maximum Gasteiger partial charge on any atom is 0.237 e. The first-order valence-corrected chi connectivity index (χ1v) is 9.45. The molecule has 0 aromatic carbocycles. The molecule has 1 aromatic rings. The van der Waals surface area contributed by atoms with Crippen LogP contribution in [-0.2, 0) is 4.79 Å². The number of carbonyl (C=O) groups is 1. The second kappa shape index (κ2) is 8.17. The van der Waals surface area contributed by atoms with Gasteiger partial charge in [-0.3, -0.25) is 9.69 Å². The molecule has 118 valence electrons. The Kier molecular flexibility index (Phi) is 6.54. The summed E-state index contributed by atoms with van der Waals surface area (Å²) >= 11 is 3.49. The van der Waals surface area contributed by atoms with Crippen molar-refractivity contribution in [3.63, 3.8) is 0 Å². The van der Waals surface area contributed by atoms with E-state index < -0.39 is 6.10 Å². The van der Waals surface area contributed by atoms with Gasteiger partial charge >= 0.3 is 0 Å². The van der Waals surface area contributed by atoms with Crippen LogP contribution in [0.15, 0.2) is 17.5 Å². The topological polar surface area (TPSA) is 52.6 Å². The fourth-order valence-corrected chi connectivity index (χ4v) is 4.14. The molecular formula is C15H24N2O2S2. The van der Waals surface area contributed by atoms with Gasteiger partial charge in [-0.2, -0.15) is 11.8 Å². The van der Waals surface area contributed by atoms with Gasteiger partial charge in [0.2, 0.25) is 5.91 Å². The molecule has 1 fully saturated rings. The molecular weight excluding hydrogens is 304 g/mol. The first-order chi connectivity index (χ1) is 10.1. The van der Waals surface area contributed by atoms with Gasteiger partial charge in [-0.25, -0.2) is 0 Å². The van der Waals surface area contributed by atoms with E-state index in [9.17, 15) is 9.90 Å². The standard InChI is InChI=1S/C15H24N2O2S2/c1-11(10-13(18)14-4-3-7-21-14)16-15(19)12(2)17-5-8-20-9-6-17/h3-4,7,11-13,18H,5-6,8-10H2,1-2H3,(H,16,19)/t11-,12+,13-/m1/s1. The Morgan fingerprint density at radius 1 is 1.43 bits per heavy atom. The van der Waals surface area contributed by atoms with Gasteiger partial charge in [-0.1, -0.05) is 6.07 Å². The molecule has 0 bridgehead atoms. The lowest BCUT2D eigenvalue weighted by molar-refractivity contribution is -0.126. The Hall–Kier alpha value is -0.560. The van der Waals surface area contributed by atoms with E-state index in [1.807, 2.05) is 43.1 Å². The van der Waals surface area contributed by atoms with Crippen LogP contribution in [-0.4, -0.2) is 52.6 Å². The van der Waals surface area contributed by atoms with Gasteiger partial charge < -0.3 is 10.4 Å². The van der Waals surface area contributed by atoms with Crippen molar-refractivity contribution in [3.8, 4) is 0 Å². The first kappa shape index (κ1) is 16.8. The summed E-state index contributed by atoms with van der Waals surface area (Å²) in [4.78, 5) is 15.5. The fraction of sp³-hybridized carbons (Fsp3) is 0.667.